The summed E-state index contributed by atoms with van der Waals surface area (Å²) in [4.78, 5) is 14.5. The minimum atomic E-state index is -1.22. The second kappa shape index (κ2) is 11.0. The van der Waals surface area contributed by atoms with Crippen LogP contribution in [0.25, 0.3) is 0 Å². The Labute approximate surface area is 175 Å². The molecule has 1 atom stereocenters. The maximum Gasteiger partial charge on any atom is 0.256 e. The van der Waals surface area contributed by atoms with E-state index >= 15 is 0 Å². The van der Waals surface area contributed by atoms with Gasteiger partial charge in [0.05, 0.1) is 16.9 Å². The van der Waals surface area contributed by atoms with Gasteiger partial charge in [-0.25, -0.2) is 13.2 Å². The molecule has 1 heterocycles. The first-order valence-corrected chi connectivity index (χ1v) is 10.1. The quantitative estimate of drug-likeness (QED) is 0.591. The molecule has 1 aliphatic rings. The van der Waals surface area contributed by atoms with Crippen molar-refractivity contribution in [3.63, 3.8) is 0 Å². The minimum Gasteiger partial charge on any atom is -0.350 e. The number of halogens is 3. The van der Waals surface area contributed by atoms with E-state index in [9.17, 15) is 18.0 Å². The fourth-order valence-electron chi connectivity index (χ4n) is 3.15. The van der Waals surface area contributed by atoms with Crippen LogP contribution in [-0.2, 0) is 0 Å². The van der Waals surface area contributed by atoms with Crippen molar-refractivity contribution in [2.75, 3.05) is 31.5 Å². The molecule has 3 rings (SSSR count). The van der Waals surface area contributed by atoms with Gasteiger partial charge in [0.2, 0.25) is 0 Å². The number of nitrogens with two attached hydrogens (primary N) is 1. The van der Waals surface area contributed by atoms with Gasteiger partial charge < -0.3 is 21.3 Å². The first-order chi connectivity index (χ1) is 14.4. The van der Waals surface area contributed by atoms with Crippen LogP contribution in [0.5, 0.6) is 0 Å². The summed E-state index contributed by atoms with van der Waals surface area (Å²) in [6.07, 6.45) is 0.808. The number of carbonyl (C=O) groups is 1. The van der Waals surface area contributed by atoms with Gasteiger partial charge in [-0.05, 0) is 43.2 Å². The Hall–Kier alpha value is -2.58. The molecule has 1 unspecified atom stereocenters. The summed E-state index contributed by atoms with van der Waals surface area (Å²) in [5.74, 6) is -3.38. The fourth-order valence-corrected chi connectivity index (χ4v) is 3.15. The topological polar surface area (TPSA) is 70.4 Å². The number of anilines is 2. The van der Waals surface area contributed by atoms with Crippen LogP contribution < -0.4 is 16.4 Å². The van der Waals surface area contributed by atoms with Gasteiger partial charge in [0.15, 0.2) is 11.6 Å². The summed E-state index contributed by atoms with van der Waals surface area (Å²) in [5.41, 5.74) is 5.69. The SMILES string of the molecule is CC.Cc1ccc(Nc2c(C(=O)N3CCC3CNCCN)ccc(F)c2F)c(F)c1. The molecule has 0 radical (unpaired) electrons. The molecule has 0 spiro atoms. The van der Waals surface area contributed by atoms with Crippen molar-refractivity contribution in [3.05, 3.63) is 58.9 Å². The smallest absolute Gasteiger partial charge is 0.256 e. The van der Waals surface area contributed by atoms with Gasteiger partial charge in [-0.3, -0.25) is 4.79 Å². The molecule has 30 heavy (non-hydrogen) atoms. The molecule has 0 bridgehead atoms. The molecule has 1 amide bonds. The molecular weight excluding hydrogens is 393 g/mol. The first-order valence-electron chi connectivity index (χ1n) is 10.1. The Morgan fingerprint density at radius 2 is 1.90 bits per heavy atom. The van der Waals surface area contributed by atoms with E-state index in [0.29, 0.717) is 31.7 Å². The summed E-state index contributed by atoms with van der Waals surface area (Å²) in [6.45, 7) is 7.92. The highest BCUT2D eigenvalue weighted by atomic mass is 19.2. The molecule has 1 fully saturated rings. The Balaban J connectivity index is 0.00000155. The number of amides is 1. The highest BCUT2D eigenvalue weighted by Gasteiger charge is 2.34. The monoisotopic (exact) mass is 422 g/mol. The molecule has 0 aromatic heterocycles. The van der Waals surface area contributed by atoms with Crippen molar-refractivity contribution in [3.8, 4) is 0 Å². The molecule has 2 aromatic rings. The van der Waals surface area contributed by atoms with Gasteiger partial charge >= 0.3 is 0 Å². The van der Waals surface area contributed by atoms with E-state index in [1.165, 1.54) is 18.2 Å². The number of aryl methyl sites for hydroxylation is 1. The zero-order valence-corrected chi connectivity index (χ0v) is 17.6. The molecule has 8 heteroatoms. The molecule has 0 saturated carbocycles. The number of nitrogens with one attached hydrogen (secondary N) is 2. The highest BCUT2D eigenvalue weighted by Crippen LogP contribution is 2.31. The molecule has 2 aromatic carbocycles. The lowest BCUT2D eigenvalue weighted by molar-refractivity contribution is 0.0465. The molecule has 1 aliphatic heterocycles. The predicted molar refractivity (Wildman–Crippen MR) is 113 cm³/mol. The first kappa shape index (κ1) is 23.7. The molecule has 5 nitrogen and oxygen atoms in total. The number of hydrogen-bond donors (Lipinski definition) is 3. The summed E-state index contributed by atoms with van der Waals surface area (Å²) in [6, 6.07) is 6.41. The fraction of sp³-hybridized carbons (Fsp3) is 0.409. The molecule has 1 saturated heterocycles. The largest absolute Gasteiger partial charge is 0.350 e. The van der Waals surface area contributed by atoms with Gasteiger partial charge in [-0.15, -0.1) is 0 Å². The number of carbonyl (C=O) groups excluding carboxylic acids is 1. The van der Waals surface area contributed by atoms with E-state index in [1.807, 2.05) is 13.8 Å². The van der Waals surface area contributed by atoms with E-state index < -0.39 is 23.4 Å². The minimum absolute atomic E-state index is 0.0334. The van der Waals surface area contributed by atoms with Gasteiger partial charge in [0.25, 0.3) is 5.91 Å². The standard InChI is InChI=1S/C20H23F3N4O.C2H6/c1-12-2-5-17(16(22)10-12)26-19-14(3-4-15(21)18(19)23)20(28)27-9-6-13(27)11-25-8-7-24;1-2/h2-5,10,13,25-26H,6-9,11,24H2,1H3;1-2H3. The van der Waals surface area contributed by atoms with Gasteiger partial charge in [-0.2, -0.15) is 0 Å². The average molecular weight is 422 g/mol. The summed E-state index contributed by atoms with van der Waals surface area (Å²) in [7, 11) is 0. The van der Waals surface area contributed by atoms with Crippen LogP contribution >= 0.6 is 0 Å². The average Bonchev–Trinajstić information content (AvgIpc) is 2.71. The van der Waals surface area contributed by atoms with Gasteiger partial charge in [0, 0.05) is 32.2 Å². The zero-order chi connectivity index (χ0) is 22.3. The predicted octanol–water partition coefficient (Wildman–Crippen LogP) is 3.94. The van der Waals surface area contributed by atoms with E-state index in [4.69, 9.17) is 5.73 Å². The van der Waals surface area contributed by atoms with E-state index in [2.05, 4.69) is 10.6 Å². The van der Waals surface area contributed by atoms with Crippen LogP contribution in [0.1, 0.15) is 36.2 Å². The summed E-state index contributed by atoms with van der Waals surface area (Å²) < 4.78 is 42.5. The van der Waals surface area contributed by atoms with Gasteiger partial charge in [0.1, 0.15) is 5.82 Å². The molecule has 0 aliphatic carbocycles. The van der Waals surface area contributed by atoms with E-state index in [1.54, 1.807) is 17.9 Å². The Kier molecular flexibility index (Phi) is 8.68. The number of nitrogens with zero attached hydrogens (tertiary/aromatic N) is 1. The van der Waals surface area contributed by atoms with Crippen LogP contribution in [0.3, 0.4) is 0 Å². The highest BCUT2D eigenvalue weighted by molar-refractivity contribution is 6.01. The van der Waals surface area contributed by atoms with Crippen LogP contribution in [0.2, 0.25) is 0 Å². The Morgan fingerprint density at radius 3 is 2.50 bits per heavy atom. The van der Waals surface area contributed by atoms with Crippen molar-refractivity contribution < 1.29 is 18.0 Å². The third-order valence-corrected chi connectivity index (χ3v) is 4.82. The third kappa shape index (κ3) is 5.31. The maximum absolute atomic E-state index is 14.5. The van der Waals surface area contributed by atoms with Gasteiger partial charge in [-0.1, -0.05) is 19.9 Å². The molecular formula is C22H29F3N4O. The van der Waals surface area contributed by atoms with Crippen LogP contribution in [0.15, 0.2) is 30.3 Å². The second-order valence-corrected chi connectivity index (χ2v) is 6.83. The lowest BCUT2D eigenvalue weighted by Crippen LogP contribution is -2.55. The number of hydrogen-bond acceptors (Lipinski definition) is 4. The lowest BCUT2D eigenvalue weighted by Gasteiger charge is -2.41. The molecule has 164 valence electrons. The second-order valence-electron chi connectivity index (χ2n) is 6.83. The number of rotatable bonds is 7. The Morgan fingerprint density at radius 1 is 1.17 bits per heavy atom. The van der Waals surface area contributed by atoms with E-state index in [-0.39, 0.29) is 23.0 Å². The number of benzene rings is 2. The number of likely N-dealkylation sites (tertiary alicyclic amines) is 1. The van der Waals surface area contributed by atoms with Crippen molar-refractivity contribution >= 4 is 17.3 Å². The maximum atomic E-state index is 14.5. The van der Waals surface area contributed by atoms with Crippen molar-refractivity contribution in [2.24, 2.45) is 5.73 Å². The summed E-state index contributed by atoms with van der Waals surface area (Å²) >= 11 is 0. The van der Waals surface area contributed by atoms with Crippen LogP contribution in [-0.4, -0.2) is 43.0 Å². The van der Waals surface area contributed by atoms with Crippen molar-refractivity contribution in [1.29, 1.82) is 0 Å². The van der Waals surface area contributed by atoms with Crippen LogP contribution in [0, 0.1) is 24.4 Å². The van der Waals surface area contributed by atoms with Crippen molar-refractivity contribution in [1.82, 2.24) is 10.2 Å². The zero-order valence-electron chi connectivity index (χ0n) is 17.6. The van der Waals surface area contributed by atoms with Crippen LogP contribution in [0.4, 0.5) is 24.5 Å². The third-order valence-electron chi connectivity index (χ3n) is 4.82. The molecule has 4 N–H and O–H groups in total. The lowest BCUT2D eigenvalue weighted by atomic mass is 10.00. The normalized spacial score (nSPS) is 15.2. The van der Waals surface area contributed by atoms with E-state index in [0.717, 1.165) is 12.5 Å². The van der Waals surface area contributed by atoms with Crippen molar-refractivity contribution in [2.45, 2.75) is 33.2 Å². The summed E-state index contributed by atoms with van der Waals surface area (Å²) in [5, 5.41) is 5.70. The Bertz CT molecular complexity index is 876.